The van der Waals surface area contributed by atoms with Crippen molar-refractivity contribution in [2.45, 2.75) is 44.7 Å². The largest absolute Gasteiger partial charge is 0.416 e. The number of ether oxygens (including phenoxy) is 1. The summed E-state index contributed by atoms with van der Waals surface area (Å²) in [5.41, 5.74) is -1.87. The second-order valence-electron chi connectivity index (χ2n) is 8.45. The topological polar surface area (TPSA) is 127 Å². The summed E-state index contributed by atoms with van der Waals surface area (Å²) in [6, 6.07) is -0.0000472. The third kappa shape index (κ3) is 3.15. The highest BCUT2D eigenvalue weighted by atomic mass is 19.4. The van der Waals surface area contributed by atoms with Crippen LogP contribution in [0, 0.1) is 18.2 Å². The summed E-state index contributed by atoms with van der Waals surface area (Å²) < 4.78 is 65.9. The molecule has 0 radical (unpaired) electrons. The minimum Gasteiger partial charge on any atom is -0.362 e. The molecule has 3 aliphatic rings. The van der Waals surface area contributed by atoms with E-state index in [2.05, 4.69) is 10.1 Å². The van der Waals surface area contributed by atoms with Crippen molar-refractivity contribution < 1.29 is 41.2 Å². The molecule has 3 atom stereocenters. The van der Waals surface area contributed by atoms with Gasteiger partial charge in [-0.2, -0.15) is 18.2 Å². The van der Waals surface area contributed by atoms with E-state index in [1.165, 1.54) is 19.9 Å². The first-order chi connectivity index (χ1) is 15.9. The lowest BCUT2D eigenvalue weighted by atomic mass is 9.66. The monoisotopic (exact) mass is 483 g/mol. The van der Waals surface area contributed by atoms with Crippen molar-refractivity contribution in [2.75, 3.05) is 11.4 Å². The van der Waals surface area contributed by atoms with E-state index in [4.69, 9.17) is 9.26 Å². The number of alkyl halides is 3. The van der Waals surface area contributed by atoms with E-state index in [0.717, 1.165) is 11.0 Å². The molecule has 4 heterocycles. The Morgan fingerprint density at radius 2 is 1.85 bits per heavy atom. The summed E-state index contributed by atoms with van der Waals surface area (Å²) in [4.78, 5) is 43.1. The smallest absolute Gasteiger partial charge is 0.362 e. The van der Waals surface area contributed by atoms with Crippen LogP contribution in [0.1, 0.15) is 18.4 Å². The van der Waals surface area contributed by atoms with Gasteiger partial charge in [-0.25, -0.2) is 9.18 Å². The van der Waals surface area contributed by atoms with Gasteiger partial charge in [0.15, 0.2) is 11.5 Å². The summed E-state index contributed by atoms with van der Waals surface area (Å²) in [5, 5.41) is 7.72. The molecule has 0 aliphatic carbocycles. The lowest BCUT2D eigenvalue weighted by Gasteiger charge is -2.55. The highest BCUT2D eigenvalue weighted by Gasteiger charge is 2.64. The van der Waals surface area contributed by atoms with Crippen LogP contribution in [0.5, 0.6) is 0 Å². The Kier molecular flexibility index (Phi) is 4.73. The van der Waals surface area contributed by atoms with Crippen molar-refractivity contribution in [3.05, 3.63) is 29.4 Å². The van der Waals surface area contributed by atoms with Crippen LogP contribution >= 0.6 is 0 Å². The Hall–Kier alpha value is -3.55. The second-order valence-corrected chi connectivity index (χ2v) is 8.45. The average Bonchev–Trinajstić information content (AvgIpc) is 3.16. The Labute approximate surface area is 188 Å². The molecular formula is C20H17F4N5O5. The van der Waals surface area contributed by atoms with Gasteiger partial charge in [-0.15, -0.1) is 0 Å². The molecule has 1 spiro atoms. The Bertz CT molecular complexity index is 1210. The molecule has 2 N–H and O–H groups in total. The second kappa shape index (κ2) is 7.22. The van der Waals surface area contributed by atoms with Crippen LogP contribution in [0.25, 0.3) is 11.4 Å². The first kappa shape index (κ1) is 22.3. The number of halogens is 4. The number of nitrogens with one attached hydrogen (secondary N) is 2. The number of hydrogen-bond donors (Lipinski definition) is 2. The lowest BCUT2D eigenvalue weighted by molar-refractivity contribution is -0.242. The predicted octanol–water partition coefficient (Wildman–Crippen LogP) is 1.62. The first-order valence-electron chi connectivity index (χ1n) is 10.2. The van der Waals surface area contributed by atoms with E-state index < -0.39 is 60.0 Å². The average molecular weight is 483 g/mol. The van der Waals surface area contributed by atoms with Gasteiger partial charge in [0, 0.05) is 12.6 Å². The van der Waals surface area contributed by atoms with Crippen molar-refractivity contribution in [1.29, 1.82) is 0 Å². The molecule has 1 aromatic carbocycles. The van der Waals surface area contributed by atoms with Crippen molar-refractivity contribution >= 4 is 23.5 Å². The fourth-order valence-corrected chi connectivity index (χ4v) is 5.01. The fraction of sp³-hybridized carbons (Fsp3) is 0.450. The molecule has 5 rings (SSSR count). The number of barbiturate groups is 1. The molecule has 1 aromatic heterocycles. The van der Waals surface area contributed by atoms with E-state index >= 15 is 4.39 Å². The van der Waals surface area contributed by atoms with Crippen molar-refractivity contribution in [3.8, 4) is 11.4 Å². The van der Waals surface area contributed by atoms with Gasteiger partial charge in [0.1, 0.15) is 5.82 Å². The van der Waals surface area contributed by atoms with Gasteiger partial charge in [0.25, 0.3) is 0 Å². The number of anilines is 1. The number of morpholine rings is 1. The molecule has 0 saturated carbocycles. The maximum atomic E-state index is 15.1. The quantitative estimate of drug-likeness (QED) is 0.463. The number of carbonyl (C=O) groups excluding carboxylic acids is 3. The summed E-state index contributed by atoms with van der Waals surface area (Å²) in [7, 11) is 0. The highest BCUT2D eigenvalue weighted by molar-refractivity contribution is 6.20. The SMILES string of the molecule is Cc1nc(-c2cc3c(cc2F)N2CC(C(F)(F)F)O[C@@H](C)[C@@H]2C2(C3)C(=O)NC(=O)NC2=O)no1. The zero-order valence-corrected chi connectivity index (χ0v) is 17.7. The minimum atomic E-state index is -4.75. The lowest BCUT2D eigenvalue weighted by Crippen LogP contribution is -2.76. The summed E-state index contributed by atoms with van der Waals surface area (Å²) in [6.45, 7) is 2.00. The van der Waals surface area contributed by atoms with Crippen LogP contribution in [0.2, 0.25) is 0 Å². The molecule has 34 heavy (non-hydrogen) atoms. The number of benzene rings is 1. The number of amides is 4. The molecule has 180 valence electrons. The molecule has 4 amide bonds. The number of carbonyl (C=O) groups is 3. The fourth-order valence-electron chi connectivity index (χ4n) is 5.01. The summed E-state index contributed by atoms with van der Waals surface area (Å²) in [6.07, 6.45) is -8.61. The number of urea groups is 1. The third-order valence-corrected chi connectivity index (χ3v) is 6.37. The number of aromatic nitrogens is 2. The molecule has 2 fully saturated rings. The molecule has 2 aromatic rings. The molecule has 2 saturated heterocycles. The molecule has 0 bridgehead atoms. The number of nitrogens with zero attached hydrogens (tertiary/aromatic N) is 3. The van der Waals surface area contributed by atoms with E-state index in [1.54, 1.807) is 0 Å². The number of rotatable bonds is 1. The van der Waals surface area contributed by atoms with Gasteiger partial charge in [-0.3, -0.25) is 20.2 Å². The molecule has 10 nitrogen and oxygen atoms in total. The van der Waals surface area contributed by atoms with Crippen molar-refractivity contribution in [2.24, 2.45) is 5.41 Å². The minimum absolute atomic E-state index is 0.0685. The van der Waals surface area contributed by atoms with Crippen LogP contribution in [0.4, 0.5) is 28.0 Å². The molecule has 1 unspecified atom stereocenters. The third-order valence-electron chi connectivity index (χ3n) is 6.37. The number of imide groups is 2. The van der Waals surface area contributed by atoms with Gasteiger partial charge >= 0.3 is 12.2 Å². The zero-order valence-electron chi connectivity index (χ0n) is 17.7. The van der Waals surface area contributed by atoms with Crippen LogP contribution in [-0.2, 0) is 20.7 Å². The van der Waals surface area contributed by atoms with Gasteiger partial charge in [-0.05, 0) is 31.0 Å². The van der Waals surface area contributed by atoms with Gasteiger partial charge < -0.3 is 14.2 Å². The van der Waals surface area contributed by atoms with Crippen LogP contribution < -0.4 is 15.5 Å². The zero-order chi connectivity index (χ0) is 24.6. The maximum Gasteiger partial charge on any atom is 0.416 e. The summed E-state index contributed by atoms with van der Waals surface area (Å²) >= 11 is 0. The molecular weight excluding hydrogens is 466 g/mol. The summed E-state index contributed by atoms with van der Waals surface area (Å²) in [5.74, 6) is -2.74. The Morgan fingerprint density at radius 1 is 1.18 bits per heavy atom. The number of aryl methyl sites for hydroxylation is 1. The van der Waals surface area contributed by atoms with E-state index in [1.807, 2.05) is 10.6 Å². The van der Waals surface area contributed by atoms with Gasteiger partial charge in [0.05, 0.1) is 24.3 Å². The molecule has 14 heteroatoms. The Morgan fingerprint density at radius 3 is 2.44 bits per heavy atom. The maximum absolute atomic E-state index is 15.1. The normalized spacial score (nSPS) is 26.1. The highest BCUT2D eigenvalue weighted by Crippen LogP contribution is 2.49. The predicted molar refractivity (Wildman–Crippen MR) is 104 cm³/mol. The van der Waals surface area contributed by atoms with Crippen molar-refractivity contribution in [3.63, 3.8) is 0 Å². The van der Waals surface area contributed by atoms with Crippen LogP contribution in [-0.4, -0.2) is 59.0 Å². The first-order valence-corrected chi connectivity index (χ1v) is 10.2. The van der Waals surface area contributed by atoms with E-state index in [0.29, 0.717) is 0 Å². The molecule has 3 aliphatic heterocycles. The van der Waals surface area contributed by atoms with Crippen LogP contribution in [0.15, 0.2) is 16.7 Å². The van der Waals surface area contributed by atoms with Crippen molar-refractivity contribution in [1.82, 2.24) is 20.8 Å². The van der Waals surface area contributed by atoms with Gasteiger partial charge in [-0.1, -0.05) is 5.16 Å². The number of hydrogen-bond acceptors (Lipinski definition) is 8. The van der Waals surface area contributed by atoms with E-state index in [9.17, 15) is 27.6 Å². The van der Waals surface area contributed by atoms with Crippen LogP contribution in [0.3, 0.4) is 0 Å². The standard InChI is InChI=1S/C20H17F4N5O5/c1-7-14-19(16(30)26-18(32)27-17(19)31)5-9-3-10(15-25-8(2)34-28-15)11(21)4-12(9)29(14)6-13(33-7)20(22,23)24/h3-4,7,13-14H,5-6H2,1-2H3,(H2,26,27,30,31,32)/t7-,13?,14+/m0/s1. The number of fused-ring (bicyclic) bond motifs is 4. The Balaban J connectivity index is 1.71. The van der Waals surface area contributed by atoms with Gasteiger partial charge in [0.2, 0.25) is 23.5 Å². The van der Waals surface area contributed by atoms with E-state index in [-0.39, 0.29) is 35.0 Å².